The summed E-state index contributed by atoms with van der Waals surface area (Å²) in [6.07, 6.45) is 1.53. The van der Waals surface area contributed by atoms with E-state index in [4.69, 9.17) is 16.3 Å². The summed E-state index contributed by atoms with van der Waals surface area (Å²) >= 11 is 6.54. The lowest BCUT2D eigenvalue weighted by molar-refractivity contribution is -0.149. The molecule has 0 aliphatic carbocycles. The maximum atomic E-state index is 13.6. The summed E-state index contributed by atoms with van der Waals surface area (Å²) in [4.78, 5) is 27.6. The third-order valence-electron chi connectivity index (χ3n) is 5.97. The third-order valence-corrected chi connectivity index (χ3v) is 6.29. The van der Waals surface area contributed by atoms with Crippen molar-refractivity contribution in [2.75, 3.05) is 19.7 Å². The van der Waals surface area contributed by atoms with Crippen LogP contribution in [0.5, 0.6) is 0 Å². The van der Waals surface area contributed by atoms with Gasteiger partial charge in [0.2, 0.25) is 0 Å². The second kappa shape index (κ2) is 9.61. The fourth-order valence-electron chi connectivity index (χ4n) is 4.37. The highest BCUT2D eigenvalue weighted by Crippen LogP contribution is 2.33. The zero-order valence-corrected chi connectivity index (χ0v) is 19.1. The summed E-state index contributed by atoms with van der Waals surface area (Å²) in [5.41, 5.74) is 4.16. The zero-order valence-electron chi connectivity index (χ0n) is 18.4. The normalized spacial score (nSPS) is 16.1. The minimum absolute atomic E-state index is 0.0699. The van der Waals surface area contributed by atoms with Gasteiger partial charge >= 0.3 is 5.97 Å². The molecule has 0 N–H and O–H groups in total. The molecule has 1 aromatic heterocycles. The number of halogens is 1. The molecule has 0 radical (unpaired) electrons. The number of hydrogen-bond acceptors (Lipinski definition) is 3. The predicted octanol–water partition coefficient (Wildman–Crippen LogP) is 5.52. The highest BCUT2D eigenvalue weighted by atomic mass is 35.5. The van der Waals surface area contributed by atoms with Crippen LogP contribution in [0.25, 0.3) is 16.9 Å². The van der Waals surface area contributed by atoms with Crippen molar-refractivity contribution >= 4 is 23.5 Å². The Hall–Kier alpha value is -3.05. The lowest BCUT2D eigenvalue weighted by Gasteiger charge is -2.31. The van der Waals surface area contributed by atoms with Crippen molar-refractivity contribution in [1.82, 2.24) is 9.47 Å². The predicted molar refractivity (Wildman–Crippen MR) is 126 cm³/mol. The third kappa shape index (κ3) is 4.30. The second-order valence-electron chi connectivity index (χ2n) is 8.02. The van der Waals surface area contributed by atoms with Crippen LogP contribution in [0, 0.1) is 12.8 Å². The molecule has 1 atom stereocenters. The van der Waals surface area contributed by atoms with E-state index < -0.39 is 0 Å². The smallest absolute Gasteiger partial charge is 0.310 e. The first-order chi connectivity index (χ1) is 15.5. The molecule has 1 amide bonds. The summed E-state index contributed by atoms with van der Waals surface area (Å²) in [6, 6.07) is 19.5. The monoisotopic (exact) mass is 450 g/mol. The number of esters is 1. The number of para-hydroxylation sites is 1. The number of hydrogen-bond donors (Lipinski definition) is 0. The molecule has 166 valence electrons. The minimum Gasteiger partial charge on any atom is -0.466 e. The van der Waals surface area contributed by atoms with Crippen LogP contribution in [0.3, 0.4) is 0 Å². The van der Waals surface area contributed by atoms with Crippen LogP contribution in [0.1, 0.15) is 35.8 Å². The quantitative estimate of drug-likeness (QED) is 0.481. The Labute approximate surface area is 193 Å². The first-order valence-corrected chi connectivity index (χ1v) is 11.4. The molecule has 2 heterocycles. The standard InChI is InChI=1S/C26H27ClN2O3/c1-3-32-26(31)20-12-9-15-28(17-20)25(30)21-16-24(19-10-5-4-6-11-19)29(18(21)2)23-14-8-7-13-22(23)27/h4-8,10-11,13-14,16,20H,3,9,12,15,17H2,1-2H3. The van der Waals surface area contributed by atoms with Gasteiger partial charge in [-0.3, -0.25) is 9.59 Å². The average molecular weight is 451 g/mol. The summed E-state index contributed by atoms with van der Waals surface area (Å²) < 4.78 is 7.23. The largest absolute Gasteiger partial charge is 0.466 e. The van der Waals surface area contributed by atoms with Crippen molar-refractivity contribution in [2.24, 2.45) is 5.92 Å². The molecule has 5 nitrogen and oxygen atoms in total. The lowest BCUT2D eigenvalue weighted by atomic mass is 9.97. The summed E-state index contributed by atoms with van der Waals surface area (Å²) in [6.45, 7) is 5.11. The molecule has 3 aromatic rings. The molecule has 0 spiro atoms. The summed E-state index contributed by atoms with van der Waals surface area (Å²) in [5.74, 6) is -0.563. The Morgan fingerprint density at radius 3 is 2.53 bits per heavy atom. The van der Waals surface area contributed by atoms with Crippen LogP contribution in [-0.4, -0.2) is 41.0 Å². The Bertz CT molecular complexity index is 1120. The van der Waals surface area contributed by atoms with E-state index in [2.05, 4.69) is 0 Å². The van der Waals surface area contributed by atoms with E-state index in [0.717, 1.165) is 35.5 Å². The van der Waals surface area contributed by atoms with E-state index in [9.17, 15) is 9.59 Å². The minimum atomic E-state index is -0.271. The van der Waals surface area contributed by atoms with Gasteiger partial charge in [0.25, 0.3) is 5.91 Å². The average Bonchev–Trinajstić information content (AvgIpc) is 3.16. The van der Waals surface area contributed by atoms with Crippen LogP contribution in [0.15, 0.2) is 60.7 Å². The molecule has 6 heteroatoms. The molecule has 32 heavy (non-hydrogen) atoms. The van der Waals surface area contributed by atoms with Crippen LogP contribution >= 0.6 is 11.6 Å². The maximum absolute atomic E-state index is 13.6. The molecule has 4 rings (SSSR count). The zero-order chi connectivity index (χ0) is 22.7. The highest BCUT2D eigenvalue weighted by Gasteiger charge is 2.31. The van der Waals surface area contributed by atoms with Crippen LogP contribution in [-0.2, 0) is 9.53 Å². The van der Waals surface area contributed by atoms with E-state index in [1.54, 1.807) is 11.8 Å². The van der Waals surface area contributed by atoms with Crippen molar-refractivity contribution in [3.8, 4) is 16.9 Å². The van der Waals surface area contributed by atoms with Crippen molar-refractivity contribution in [3.63, 3.8) is 0 Å². The number of amides is 1. The van der Waals surface area contributed by atoms with Gasteiger partial charge in [0.05, 0.1) is 34.5 Å². The molecule has 2 aromatic carbocycles. The van der Waals surface area contributed by atoms with Gasteiger partial charge in [-0.05, 0) is 50.5 Å². The van der Waals surface area contributed by atoms with E-state index in [1.807, 2.05) is 72.2 Å². The van der Waals surface area contributed by atoms with E-state index >= 15 is 0 Å². The fraction of sp³-hybridized carbons (Fsp3) is 0.308. The Morgan fingerprint density at radius 2 is 1.81 bits per heavy atom. The van der Waals surface area contributed by atoms with Crippen molar-refractivity contribution in [2.45, 2.75) is 26.7 Å². The Morgan fingerprint density at radius 1 is 1.09 bits per heavy atom. The van der Waals surface area contributed by atoms with E-state index in [-0.39, 0.29) is 17.8 Å². The topological polar surface area (TPSA) is 51.5 Å². The van der Waals surface area contributed by atoms with Crippen LogP contribution in [0.4, 0.5) is 0 Å². The van der Waals surface area contributed by atoms with Gasteiger partial charge in [0.15, 0.2) is 0 Å². The number of carbonyl (C=O) groups is 2. The number of carbonyl (C=O) groups excluding carboxylic acids is 2. The maximum Gasteiger partial charge on any atom is 0.310 e. The van der Waals surface area contributed by atoms with Gasteiger partial charge in [-0.25, -0.2) is 0 Å². The molecule has 1 saturated heterocycles. The molecule has 0 saturated carbocycles. The molecule has 1 aliphatic heterocycles. The molecule has 0 bridgehead atoms. The Balaban J connectivity index is 1.74. The van der Waals surface area contributed by atoms with Gasteiger partial charge in [0, 0.05) is 18.8 Å². The SMILES string of the molecule is CCOC(=O)C1CCCN(C(=O)c2cc(-c3ccccc3)n(-c3ccccc3Cl)c2C)C1. The lowest BCUT2D eigenvalue weighted by Crippen LogP contribution is -2.43. The van der Waals surface area contributed by atoms with Crippen molar-refractivity contribution in [3.05, 3.63) is 76.9 Å². The summed E-state index contributed by atoms with van der Waals surface area (Å²) in [5, 5.41) is 0.614. The number of piperidine rings is 1. The van der Waals surface area contributed by atoms with Gasteiger partial charge < -0.3 is 14.2 Å². The molecule has 1 aliphatic rings. The molecular formula is C26H27ClN2O3. The van der Waals surface area contributed by atoms with Gasteiger partial charge in [-0.1, -0.05) is 54.1 Å². The van der Waals surface area contributed by atoms with E-state index in [1.165, 1.54) is 0 Å². The number of likely N-dealkylation sites (tertiary alicyclic amines) is 1. The van der Waals surface area contributed by atoms with Gasteiger partial charge in [-0.15, -0.1) is 0 Å². The molecular weight excluding hydrogens is 424 g/mol. The number of rotatable bonds is 5. The van der Waals surface area contributed by atoms with Gasteiger partial charge in [0.1, 0.15) is 0 Å². The highest BCUT2D eigenvalue weighted by molar-refractivity contribution is 6.32. The first-order valence-electron chi connectivity index (χ1n) is 11.0. The number of ether oxygens (including phenoxy) is 1. The van der Waals surface area contributed by atoms with Gasteiger partial charge in [-0.2, -0.15) is 0 Å². The molecule has 1 unspecified atom stereocenters. The number of benzene rings is 2. The van der Waals surface area contributed by atoms with Crippen molar-refractivity contribution in [1.29, 1.82) is 0 Å². The summed E-state index contributed by atoms with van der Waals surface area (Å²) in [7, 11) is 0. The first kappa shape index (κ1) is 22.2. The Kier molecular flexibility index (Phi) is 6.66. The van der Waals surface area contributed by atoms with E-state index in [0.29, 0.717) is 30.3 Å². The second-order valence-corrected chi connectivity index (χ2v) is 8.43. The number of nitrogens with zero attached hydrogens (tertiary/aromatic N) is 2. The molecule has 1 fully saturated rings. The van der Waals surface area contributed by atoms with Crippen LogP contribution < -0.4 is 0 Å². The van der Waals surface area contributed by atoms with Crippen molar-refractivity contribution < 1.29 is 14.3 Å². The fourth-order valence-corrected chi connectivity index (χ4v) is 4.59. The van der Waals surface area contributed by atoms with Crippen LogP contribution in [0.2, 0.25) is 5.02 Å². The number of aromatic nitrogens is 1.